The topological polar surface area (TPSA) is 69.2 Å². The quantitative estimate of drug-likeness (QED) is 0.147. The van der Waals surface area contributed by atoms with E-state index in [0.717, 1.165) is 47.6 Å². The lowest BCUT2D eigenvalue weighted by Gasteiger charge is -2.34. The third-order valence-electron chi connectivity index (χ3n) is 8.93. The van der Waals surface area contributed by atoms with Gasteiger partial charge in [0, 0.05) is 76.9 Å². The van der Waals surface area contributed by atoms with Gasteiger partial charge in [0.1, 0.15) is 6.04 Å². The monoisotopic (exact) mass is 699 g/mol. The smallest absolute Gasteiger partial charge is 0.378 e. The highest BCUT2D eigenvalue weighted by Gasteiger charge is 2.32. The molecule has 0 radical (unpaired) electrons. The SMILES string of the molecule is CN(CCN(C)C(=O)C(Cc1ccccc1)N(Cc1ccc(N2CCOCC2)cc1)C(=O)C=Cc1ccc(C(F)(F)F)cc1)Cc1ccncc1. The number of likely N-dealkylation sites (N-methyl/N-ethyl adjacent to an activating group) is 2. The number of amides is 2. The summed E-state index contributed by atoms with van der Waals surface area (Å²) in [6, 6.07) is 25.2. The summed E-state index contributed by atoms with van der Waals surface area (Å²) >= 11 is 0. The minimum absolute atomic E-state index is 0.151. The second-order valence-electron chi connectivity index (χ2n) is 12.7. The fourth-order valence-corrected chi connectivity index (χ4v) is 5.95. The van der Waals surface area contributed by atoms with Crippen LogP contribution in [0, 0.1) is 0 Å². The zero-order chi connectivity index (χ0) is 36.2. The predicted molar refractivity (Wildman–Crippen MR) is 193 cm³/mol. The van der Waals surface area contributed by atoms with Gasteiger partial charge in [-0.1, -0.05) is 54.6 Å². The maximum atomic E-state index is 14.4. The summed E-state index contributed by atoms with van der Waals surface area (Å²) in [4.78, 5) is 40.2. The van der Waals surface area contributed by atoms with Crippen molar-refractivity contribution in [3.63, 3.8) is 0 Å². The number of alkyl halides is 3. The molecule has 8 nitrogen and oxygen atoms in total. The molecule has 1 saturated heterocycles. The summed E-state index contributed by atoms with van der Waals surface area (Å²) in [7, 11) is 3.74. The summed E-state index contributed by atoms with van der Waals surface area (Å²) in [5.41, 5.74) is 3.57. The normalized spacial score (nSPS) is 14.1. The van der Waals surface area contributed by atoms with Gasteiger partial charge in [-0.2, -0.15) is 13.2 Å². The van der Waals surface area contributed by atoms with Crippen LogP contribution >= 0.6 is 0 Å². The number of halogens is 3. The van der Waals surface area contributed by atoms with Crippen molar-refractivity contribution in [2.45, 2.75) is 31.7 Å². The van der Waals surface area contributed by atoms with E-state index in [-0.39, 0.29) is 18.9 Å². The zero-order valence-electron chi connectivity index (χ0n) is 29.0. The molecule has 0 aliphatic carbocycles. The van der Waals surface area contributed by atoms with Gasteiger partial charge < -0.3 is 24.3 Å². The standard InChI is InChI=1S/C40H44F3N5O3/c1-45(29-34-18-20-44-21-19-34)22-23-46(2)39(50)37(28-32-6-4-3-5-7-32)48(30-33-10-15-36(16-11-33)47-24-26-51-27-25-47)38(49)17-12-31-8-13-35(14-9-31)40(41,42)43/h3-21,37H,22-30H2,1-2H3. The Bertz CT molecular complexity index is 1710. The number of carbonyl (C=O) groups is 2. The highest BCUT2D eigenvalue weighted by atomic mass is 19.4. The van der Waals surface area contributed by atoms with E-state index in [2.05, 4.69) is 14.8 Å². The fourth-order valence-electron chi connectivity index (χ4n) is 5.95. The first-order valence-corrected chi connectivity index (χ1v) is 17.0. The molecule has 5 rings (SSSR count). The van der Waals surface area contributed by atoms with Crippen molar-refractivity contribution >= 4 is 23.6 Å². The zero-order valence-corrected chi connectivity index (χ0v) is 29.0. The van der Waals surface area contributed by atoms with Crippen LogP contribution in [-0.4, -0.2) is 91.0 Å². The molecular weight excluding hydrogens is 655 g/mol. The number of morpholine rings is 1. The van der Waals surface area contributed by atoms with Crippen LogP contribution in [0.4, 0.5) is 18.9 Å². The van der Waals surface area contributed by atoms with Crippen LogP contribution in [0.1, 0.15) is 27.8 Å². The van der Waals surface area contributed by atoms with Crippen molar-refractivity contribution in [3.8, 4) is 0 Å². The van der Waals surface area contributed by atoms with Gasteiger partial charge >= 0.3 is 6.18 Å². The number of carbonyl (C=O) groups excluding carboxylic acids is 2. The third-order valence-corrected chi connectivity index (χ3v) is 8.93. The Morgan fingerprint density at radius 2 is 1.47 bits per heavy atom. The number of aromatic nitrogens is 1. The molecule has 1 atom stereocenters. The molecule has 11 heteroatoms. The summed E-state index contributed by atoms with van der Waals surface area (Å²) in [6.45, 7) is 4.78. The average molecular weight is 700 g/mol. The van der Waals surface area contributed by atoms with Gasteiger partial charge in [-0.3, -0.25) is 14.6 Å². The molecule has 51 heavy (non-hydrogen) atoms. The number of benzene rings is 3. The molecule has 1 fully saturated rings. The van der Waals surface area contributed by atoms with E-state index in [1.807, 2.05) is 73.8 Å². The minimum Gasteiger partial charge on any atom is -0.378 e. The van der Waals surface area contributed by atoms with Crippen molar-refractivity contribution in [1.82, 2.24) is 19.7 Å². The maximum absolute atomic E-state index is 14.4. The van der Waals surface area contributed by atoms with Gasteiger partial charge in [-0.25, -0.2) is 0 Å². The van der Waals surface area contributed by atoms with Crippen LogP contribution in [-0.2, 0) is 40.0 Å². The van der Waals surface area contributed by atoms with Crippen molar-refractivity contribution in [1.29, 1.82) is 0 Å². The van der Waals surface area contributed by atoms with E-state index in [0.29, 0.717) is 38.4 Å². The Labute approximate surface area is 297 Å². The second-order valence-corrected chi connectivity index (χ2v) is 12.7. The van der Waals surface area contributed by atoms with Crippen molar-refractivity contribution in [2.24, 2.45) is 0 Å². The Morgan fingerprint density at radius 1 is 0.824 bits per heavy atom. The number of rotatable bonds is 14. The molecular formula is C40H44F3N5O3. The highest BCUT2D eigenvalue weighted by molar-refractivity contribution is 5.95. The Kier molecular flexibility index (Phi) is 13.0. The first kappa shape index (κ1) is 37.3. The maximum Gasteiger partial charge on any atom is 0.416 e. The molecule has 0 spiro atoms. The molecule has 2 heterocycles. The van der Waals surface area contributed by atoms with Gasteiger partial charge in [0.15, 0.2) is 0 Å². The summed E-state index contributed by atoms with van der Waals surface area (Å²) in [6.07, 6.45) is 2.14. The summed E-state index contributed by atoms with van der Waals surface area (Å²) in [5.74, 6) is -0.637. The van der Waals surface area contributed by atoms with Gasteiger partial charge in [0.2, 0.25) is 11.8 Å². The second kappa shape index (κ2) is 17.8. The van der Waals surface area contributed by atoms with Gasteiger partial charge in [-0.05, 0) is 71.8 Å². The van der Waals surface area contributed by atoms with Crippen LogP contribution in [0.2, 0.25) is 0 Å². The lowest BCUT2D eigenvalue weighted by atomic mass is 10.0. The molecule has 1 unspecified atom stereocenters. The molecule has 0 bridgehead atoms. The average Bonchev–Trinajstić information content (AvgIpc) is 3.15. The molecule has 1 aromatic heterocycles. The van der Waals surface area contributed by atoms with Crippen LogP contribution in [0.3, 0.4) is 0 Å². The van der Waals surface area contributed by atoms with E-state index in [4.69, 9.17) is 4.74 Å². The minimum atomic E-state index is -4.46. The van der Waals surface area contributed by atoms with E-state index in [1.165, 1.54) is 24.3 Å². The number of ether oxygens (including phenoxy) is 1. The van der Waals surface area contributed by atoms with Crippen LogP contribution in [0.5, 0.6) is 0 Å². The molecule has 4 aromatic rings. The first-order valence-electron chi connectivity index (χ1n) is 17.0. The Hall–Kier alpha value is -5.00. The lowest BCUT2D eigenvalue weighted by molar-refractivity contribution is -0.143. The number of hydrogen-bond acceptors (Lipinski definition) is 6. The molecule has 0 saturated carbocycles. The number of nitrogens with zero attached hydrogens (tertiary/aromatic N) is 5. The molecule has 1 aliphatic heterocycles. The van der Waals surface area contributed by atoms with Crippen LogP contribution < -0.4 is 4.90 Å². The largest absolute Gasteiger partial charge is 0.416 e. The van der Waals surface area contributed by atoms with Crippen molar-refractivity contribution in [2.75, 3.05) is 58.4 Å². The predicted octanol–water partition coefficient (Wildman–Crippen LogP) is 6.18. The Balaban J connectivity index is 1.41. The van der Waals surface area contributed by atoms with Crippen molar-refractivity contribution in [3.05, 3.63) is 137 Å². The lowest BCUT2D eigenvalue weighted by Crippen LogP contribution is -2.51. The van der Waals surface area contributed by atoms with Gasteiger partial charge in [0.05, 0.1) is 18.8 Å². The number of hydrogen-bond donors (Lipinski definition) is 0. The summed E-state index contributed by atoms with van der Waals surface area (Å²) in [5, 5.41) is 0. The van der Waals surface area contributed by atoms with Crippen molar-refractivity contribution < 1.29 is 27.5 Å². The van der Waals surface area contributed by atoms with E-state index < -0.39 is 23.7 Å². The molecule has 2 amide bonds. The Morgan fingerprint density at radius 3 is 2.12 bits per heavy atom. The van der Waals surface area contributed by atoms with Gasteiger partial charge in [-0.15, -0.1) is 0 Å². The number of anilines is 1. The van der Waals surface area contributed by atoms with Crippen LogP contribution in [0.15, 0.2) is 109 Å². The van der Waals surface area contributed by atoms with E-state index in [9.17, 15) is 22.8 Å². The first-order chi connectivity index (χ1) is 24.6. The van der Waals surface area contributed by atoms with Gasteiger partial charge in [0.25, 0.3) is 0 Å². The molecule has 3 aromatic carbocycles. The summed E-state index contributed by atoms with van der Waals surface area (Å²) < 4.78 is 45.0. The molecule has 0 N–H and O–H groups in total. The van der Waals surface area contributed by atoms with E-state index in [1.54, 1.807) is 29.2 Å². The third kappa shape index (κ3) is 11.0. The van der Waals surface area contributed by atoms with E-state index >= 15 is 0 Å². The van der Waals surface area contributed by atoms with Crippen LogP contribution in [0.25, 0.3) is 6.08 Å². The molecule has 1 aliphatic rings. The molecule has 268 valence electrons. The highest BCUT2D eigenvalue weighted by Crippen LogP contribution is 2.29. The number of pyridine rings is 1. The fraction of sp³-hybridized carbons (Fsp3) is 0.325.